The normalized spacial score (nSPS) is 18.1. The maximum Gasteiger partial charge on any atom is 0.280 e. The van der Waals surface area contributed by atoms with Crippen LogP contribution in [0.3, 0.4) is 0 Å². The number of hydrogen-bond acceptors (Lipinski definition) is 8. The Balaban J connectivity index is 1.37. The zero-order chi connectivity index (χ0) is 26.1. The molecule has 2 aromatic heterocycles. The number of aryl methyl sites for hydroxylation is 1. The number of anilines is 2. The summed E-state index contributed by atoms with van der Waals surface area (Å²) in [6, 6.07) is 1.59. The quantitative estimate of drug-likeness (QED) is 0.343. The second kappa shape index (κ2) is 13.1. The minimum Gasteiger partial charge on any atom is -0.363 e. The van der Waals surface area contributed by atoms with Crippen molar-refractivity contribution >= 4 is 40.6 Å². The number of aromatic nitrogens is 1. The number of rotatable bonds is 10. The molecule has 2 fully saturated rings. The fourth-order valence-corrected chi connectivity index (χ4v) is 6.01. The van der Waals surface area contributed by atoms with Gasteiger partial charge in [-0.2, -0.15) is 0 Å². The molecule has 3 amide bonds. The molecular formula is C25H38N7O4S+. The highest BCUT2D eigenvalue weighted by Gasteiger charge is 2.35. The first-order chi connectivity index (χ1) is 17.9. The van der Waals surface area contributed by atoms with E-state index in [0.717, 1.165) is 77.1 Å². The molecule has 0 unspecified atom stereocenters. The number of carbonyl (C=O) groups is 3. The maximum absolute atomic E-state index is 13.3. The van der Waals surface area contributed by atoms with Crippen LogP contribution in [0.2, 0.25) is 0 Å². The van der Waals surface area contributed by atoms with Crippen LogP contribution in [0.15, 0.2) is 22.2 Å². The molecule has 0 atom stereocenters. The van der Waals surface area contributed by atoms with Gasteiger partial charge in [0.1, 0.15) is 11.1 Å². The molecule has 11 nitrogen and oxygen atoms in total. The van der Waals surface area contributed by atoms with Crippen LogP contribution in [0.1, 0.15) is 40.9 Å². The number of likely N-dealkylation sites (tertiary alicyclic amines) is 1. The summed E-state index contributed by atoms with van der Waals surface area (Å²) >= 11 is 1.34. The minimum absolute atomic E-state index is 0.172. The van der Waals surface area contributed by atoms with Crippen molar-refractivity contribution in [2.75, 3.05) is 76.1 Å². The van der Waals surface area contributed by atoms with E-state index in [1.54, 1.807) is 6.07 Å². The van der Waals surface area contributed by atoms with Gasteiger partial charge in [0.2, 0.25) is 0 Å². The second-order valence-corrected chi connectivity index (χ2v) is 10.9. The smallest absolute Gasteiger partial charge is 0.280 e. The molecule has 0 aromatic carbocycles. The summed E-state index contributed by atoms with van der Waals surface area (Å²) in [5, 5.41) is 17.7. The molecule has 12 heteroatoms. The van der Waals surface area contributed by atoms with Crippen molar-refractivity contribution in [3.63, 3.8) is 0 Å². The van der Waals surface area contributed by atoms with Crippen molar-refractivity contribution < 1.29 is 23.4 Å². The first-order valence-electron chi connectivity index (χ1n) is 13.1. The van der Waals surface area contributed by atoms with Crippen molar-refractivity contribution in [1.82, 2.24) is 20.7 Å². The SMILES string of the molecule is Cc1csc(C(=O)NCCN2CCNCC2)c1NC(=O)C[N+]1(CC(=O)Nc2ccon2)CCCCCC1. The van der Waals surface area contributed by atoms with Gasteiger partial charge < -0.3 is 30.3 Å². The van der Waals surface area contributed by atoms with E-state index in [1.165, 1.54) is 17.6 Å². The molecule has 202 valence electrons. The summed E-state index contributed by atoms with van der Waals surface area (Å²) in [7, 11) is 0. The summed E-state index contributed by atoms with van der Waals surface area (Å²) in [5.41, 5.74) is 1.42. The van der Waals surface area contributed by atoms with E-state index in [9.17, 15) is 14.4 Å². The molecule has 4 heterocycles. The van der Waals surface area contributed by atoms with Crippen molar-refractivity contribution in [2.24, 2.45) is 0 Å². The molecule has 0 spiro atoms. The fourth-order valence-electron chi connectivity index (χ4n) is 5.09. The van der Waals surface area contributed by atoms with Crippen LogP contribution in [-0.2, 0) is 9.59 Å². The van der Waals surface area contributed by atoms with Gasteiger partial charge in [-0.05, 0) is 43.6 Å². The molecule has 0 aliphatic carbocycles. The van der Waals surface area contributed by atoms with Crippen molar-refractivity contribution in [3.05, 3.63) is 28.2 Å². The van der Waals surface area contributed by atoms with E-state index in [1.807, 2.05) is 12.3 Å². The summed E-state index contributed by atoms with van der Waals surface area (Å²) in [6.45, 7) is 9.01. The summed E-state index contributed by atoms with van der Waals surface area (Å²) < 4.78 is 5.18. The summed E-state index contributed by atoms with van der Waals surface area (Å²) in [5.74, 6) is -0.189. The lowest BCUT2D eigenvalue weighted by molar-refractivity contribution is -0.912. The molecule has 2 aliphatic rings. The zero-order valence-electron chi connectivity index (χ0n) is 21.5. The number of carbonyl (C=O) groups excluding carboxylic acids is 3. The average Bonchev–Trinajstić information content (AvgIpc) is 3.45. The third-order valence-corrected chi connectivity index (χ3v) is 8.14. The van der Waals surface area contributed by atoms with Crippen LogP contribution in [0.4, 0.5) is 11.5 Å². The molecule has 37 heavy (non-hydrogen) atoms. The van der Waals surface area contributed by atoms with Gasteiger partial charge in [0.15, 0.2) is 18.9 Å². The van der Waals surface area contributed by atoms with E-state index >= 15 is 0 Å². The highest BCUT2D eigenvalue weighted by atomic mass is 32.1. The van der Waals surface area contributed by atoms with Gasteiger partial charge in [-0.3, -0.25) is 19.3 Å². The van der Waals surface area contributed by atoms with Crippen LogP contribution in [0, 0.1) is 6.92 Å². The average molecular weight is 533 g/mol. The Hall–Kier alpha value is -2.80. The number of quaternary nitrogens is 1. The Morgan fingerprint density at radius 2 is 1.78 bits per heavy atom. The highest BCUT2D eigenvalue weighted by molar-refractivity contribution is 7.13. The van der Waals surface area contributed by atoms with E-state index < -0.39 is 0 Å². The van der Waals surface area contributed by atoms with E-state index in [4.69, 9.17) is 4.52 Å². The van der Waals surface area contributed by atoms with Crippen molar-refractivity contribution in [1.29, 1.82) is 0 Å². The monoisotopic (exact) mass is 532 g/mol. The largest absolute Gasteiger partial charge is 0.363 e. The lowest BCUT2D eigenvalue weighted by atomic mass is 10.2. The number of piperazine rings is 1. The number of thiophene rings is 1. The Morgan fingerprint density at radius 1 is 1.08 bits per heavy atom. The Labute approximate surface area is 221 Å². The number of hydrogen-bond donors (Lipinski definition) is 4. The number of nitrogens with zero attached hydrogens (tertiary/aromatic N) is 3. The fraction of sp³-hybridized carbons (Fsp3) is 0.600. The molecular weight excluding hydrogens is 494 g/mol. The second-order valence-electron chi connectivity index (χ2n) is 9.97. The predicted molar refractivity (Wildman–Crippen MR) is 143 cm³/mol. The van der Waals surface area contributed by atoms with Crippen LogP contribution in [0.5, 0.6) is 0 Å². The Bertz CT molecular complexity index is 1040. The third kappa shape index (κ3) is 7.84. The van der Waals surface area contributed by atoms with Crippen molar-refractivity contribution in [2.45, 2.75) is 32.6 Å². The molecule has 4 N–H and O–H groups in total. The van der Waals surface area contributed by atoms with E-state index in [2.05, 4.69) is 31.3 Å². The van der Waals surface area contributed by atoms with Gasteiger partial charge in [0.05, 0.1) is 18.8 Å². The predicted octanol–water partition coefficient (Wildman–Crippen LogP) is 1.65. The van der Waals surface area contributed by atoms with Crippen LogP contribution >= 0.6 is 11.3 Å². The third-order valence-electron chi connectivity index (χ3n) is 7.05. The number of nitrogens with one attached hydrogen (secondary N) is 4. The van der Waals surface area contributed by atoms with E-state index in [0.29, 0.717) is 27.4 Å². The topological polar surface area (TPSA) is 129 Å². The minimum atomic E-state index is -0.195. The Morgan fingerprint density at radius 3 is 2.46 bits per heavy atom. The van der Waals surface area contributed by atoms with Crippen LogP contribution in [-0.4, -0.2) is 97.7 Å². The van der Waals surface area contributed by atoms with Gasteiger partial charge in [-0.15, -0.1) is 11.3 Å². The summed E-state index contributed by atoms with van der Waals surface area (Å²) in [4.78, 5) is 41.9. The first-order valence-corrected chi connectivity index (χ1v) is 14.0. The van der Waals surface area contributed by atoms with Gasteiger partial charge in [0, 0.05) is 45.3 Å². The van der Waals surface area contributed by atoms with Crippen molar-refractivity contribution in [3.8, 4) is 0 Å². The standard InChI is InChI=1S/C25H37N7O4S/c1-19-18-37-24(25(35)27-9-12-31-10-7-26-8-11-31)23(19)29-22(34)17-32(13-4-2-3-5-14-32)16-21(33)28-20-6-15-36-30-20/h6,15,18,26H,2-5,7-14,16-17H2,1H3,(H2-,27,28,29,30,33,34,35)/p+1. The molecule has 0 radical (unpaired) electrons. The zero-order valence-corrected chi connectivity index (χ0v) is 22.3. The highest BCUT2D eigenvalue weighted by Crippen LogP contribution is 2.28. The number of amides is 3. The van der Waals surface area contributed by atoms with Crippen LogP contribution in [0.25, 0.3) is 0 Å². The molecule has 2 saturated heterocycles. The van der Waals surface area contributed by atoms with E-state index in [-0.39, 0.29) is 30.8 Å². The van der Waals surface area contributed by atoms with Gasteiger partial charge in [-0.25, -0.2) is 0 Å². The molecule has 0 bridgehead atoms. The first kappa shape index (κ1) is 27.2. The van der Waals surface area contributed by atoms with Gasteiger partial charge in [0.25, 0.3) is 17.7 Å². The molecule has 2 aromatic rings. The molecule has 2 aliphatic heterocycles. The summed E-state index contributed by atoms with van der Waals surface area (Å²) in [6.07, 6.45) is 5.51. The van der Waals surface area contributed by atoms with Gasteiger partial charge in [-0.1, -0.05) is 5.16 Å². The van der Waals surface area contributed by atoms with Crippen LogP contribution < -0.4 is 21.3 Å². The molecule has 4 rings (SSSR count). The lowest BCUT2D eigenvalue weighted by Gasteiger charge is -2.36. The maximum atomic E-state index is 13.3. The van der Waals surface area contributed by atoms with Gasteiger partial charge >= 0.3 is 0 Å². The Kier molecular flexibility index (Phi) is 9.67. The molecule has 0 saturated carbocycles. The lowest BCUT2D eigenvalue weighted by Crippen LogP contribution is -2.56.